The van der Waals surface area contributed by atoms with Crippen LogP contribution in [0.1, 0.15) is 26.4 Å². The van der Waals surface area contributed by atoms with E-state index in [1.54, 1.807) is 0 Å². The third-order valence-electron chi connectivity index (χ3n) is 4.56. The van der Waals surface area contributed by atoms with Crippen molar-refractivity contribution in [1.82, 2.24) is 4.98 Å². The average Bonchev–Trinajstić information content (AvgIpc) is 2.78. The van der Waals surface area contributed by atoms with Crippen molar-refractivity contribution in [2.45, 2.75) is 11.1 Å². The Morgan fingerprint density at radius 1 is 1.03 bits per heavy atom. The normalized spacial score (nSPS) is 11.6. The van der Waals surface area contributed by atoms with Crippen molar-refractivity contribution in [3.63, 3.8) is 0 Å². The molecule has 3 rings (SSSR count). The third kappa shape index (κ3) is 5.12. The second kappa shape index (κ2) is 8.90. The molecule has 0 aliphatic rings. The number of pyridine rings is 1. The number of hydrogen-bond acceptors (Lipinski definition) is 5. The van der Waals surface area contributed by atoms with Gasteiger partial charge in [-0.15, -0.1) is 0 Å². The summed E-state index contributed by atoms with van der Waals surface area (Å²) in [6, 6.07) is 12.2. The van der Waals surface area contributed by atoms with E-state index in [1.807, 2.05) is 0 Å². The number of carboxylic acids is 1. The molecule has 0 spiro atoms. The van der Waals surface area contributed by atoms with Gasteiger partial charge in [0.15, 0.2) is 0 Å². The highest BCUT2D eigenvalue weighted by molar-refractivity contribution is 7.92. The van der Waals surface area contributed by atoms with Crippen molar-refractivity contribution < 1.29 is 36.3 Å². The smallest absolute Gasteiger partial charge is 0.433 e. The number of carbonyl (C=O) groups is 2. The first-order valence-electron chi connectivity index (χ1n) is 9.17. The third-order valence-corrected chi connectivity index (χ3v) is 6.34. The molecule has 12 heteroatoms. The topological polar surface area (TPSA) is 117 Å². The van der Waals surface area contributed by atoms with Crippen LogP contribution < -0.4 is 9.62 Å². The van der Waals surface area contributed by atoms with Gasteiger partial charge in [-0.2, -0.15) is 13.2 Å². The number of amides is 1. The van der Waals surface area contributed by atoms with Gasteiger partial charge in [-0.3, -0.25) is 9.10 Å². The molecule has 0 bridgehead atoms. The molecule has 33 heavy (non-hydrogen) atoms. The molecule has 1 heterocycles. The van der Waals surface area contributed by atoms with Crippen molar-refractivity contribution in [2.75, 3.05) is 16.7 Å². The number of anilines is 2. The van der Waals surface area contributed by atoms with Crippen molar-refractivity contribution in [3.8, 4) is 0 Å². The lowest BCUT2D eigenvalue weighted by Crippen LogP contribution is -2.27. The highest BCUT2D eigenvalue weighted by Gasteiger charge is 2.32. The summed E-state index contributed by atoms with van der Waals surface area (Å²) in [5.74, 6) is -2.01. The Hall–Kier alpha value is -3.93. The van der Waals surface area contributed by atoms with Gasteiger partial charge < -0.3 is 10.4 Å². The van der Waals surface area contributed by atoms with Gasteiger partial charge >= 0.3 is 12.1 Å². The number of nitrogens with one attached hydrogen (secondary N) is 1. The Bertz CT molecular complexity index is 1310. The first-order valence-corrected chi connectivity index (χ1v) is 10.6. The van der Waals surface area contributed by atoms with Crippen LogP contribution in [-0.2, 0) is 16.2 Å². The number of carboxylic acid groups (broad SMARTS) is 1. The fourth-order valence-electron chi connectivity index (χ4n) is 2.81. The maximum Gasteiger partial charge on any atom is 0.433 e. The van der Waals surface area contributed by atoms with Crippen LogP contribution in [0.5, 0.6) is 0 Å². The Morgan fingerprint density at radius 3 is 2.33 bits per heavy atom. The molecule has 1 amide bonds. The van der Waals surface area contributed by atoms with E-state index in [9.17, 15) is 36.3 Å². The van der Waals surface area contributed by atoms with E-state index in [0.717, 1.165) is 29.7 Å². The maximum atomic E-state index is 13.0. The van der Waals surface area contributed by atoms with Gasteiger partial charge in [0.1, 0.15) is 5.69 Å². The van der Waals surface area contributed by atoms with Crippen molar-refractivity contribution >= 4 is 33.3 Å². The van der Waals surface area contributed by atoms with Crippen molar-refractivity contribution in [1.29, 1.82) is 0 Å². The van der Waals surface area contributed by atoms with Crippen LogP contribution in [0.15, 0.2) is 71.8 Å². The molecule has 0 saturated carbocycles. The van der Waals surface area contributed by atoms with E-state index < -0.39 is 33.8 Å². The molecule has 0 aliphatic heterocycles. The first kappa shape index (κ1) is 23.7. The highest BCUT2D eigenvalue weighted by Crippen LogP contribution is 2.29. The lowest BCUT2D eigenvalue weighted by Gasteiger charge is -2.20. The Morgan fingerprint density at radius 2 is 1.73 bits per heavy atom. The Kier molecular flexibility index (Phi) is 6.40. The number of nitrogens with zero attached hydrogens (tertiary/aromatic N) is 2. The van der Waals surface area contributed by atoms with Gasteiger partial charge in [-0.25, -0.2) is 18.2 Å². The fourth-order valence-corrected chi connectivity index (χ4v) is 4.04. The van der Waals surface area contributed by atoms with Crippen LogP contribution in [0.2, 0.25) is 0 Å². The lowest BCUT2D eigenvalue weighted by molar-refractivity contribution is -0.141. The maximum absolute atomic E-state index is 13.0. The summed E-state index contributed by atoms with van der Waals surface area (Å²) in [5.41, 5.74) is -1.49. The molecule has 0 saturated heterocycles. The van der Waals surface area contributed by atoms with E-state index in [2.05, 4.69) is 10.3 Å². The zero-order valence-electron chi connectivity index (χ0n) is 16.9. The number of aromatic nitrogens is 1. The fraction of sp³-hybridized carbons (Fsp3) is 0.0952. The minimum atomic E-state index is -4.67. The molecular formula is C21H16F3N3O5S. The minimum Gasteiger partial charge on any atom is -0.478 e. The molecule has 0 atom stereocenters. The number of aromatic carboxylic acids is 1. The van der Waals surface area contributed by atoms with E-state index in [4.69, 9.17) is 0 Å². The number of halogens is 3. The van der Waals surface area contributed by atoms with Crippen LogP contribution in [0.25, 0.3) is 0 Å². The summed E-state index contributed by atoms with van der Waals surface area (Å²) in [6.07, 6.45) is -3.89. The zero-order chi connectivity index (χ0) is 24.4. The van der Waals surface area contributed by atoms with Crippen LogP contribution in [0.3, 0.4) is 0 Å². The average molecular weight is 479 g/mol. The molecule has 2 N–H and O–H groups in total. The number of para-hydroxylation sites is 1. The number of benzene rings is 2. The largest absolute Gasteiger partial charge is 0.478 e. The second-order valence-electron chi connectivity index (χ2n) is 6.70. The summed E-state index contributed by atoms with van der Waals surface area (Å²) in [5, 5.41) is 11.7. The van der Waals surface area contributed by atoms with Gasteiger partial charge in [-0.05, 0) is 42.5 Å². The number of hydrogen-bond donors (Lipinski definition) is 2. The van der Waals surface area contributed by atoms with Gasteiger partial charge in [-0.1, -0.05) is 18.2 Å². The van der Waals surface area contributed by atoms with Crippen LogP contribution >= 0.6 is 0 Å². The minimum absolute atomic E-state index is 0.0243. The lowest BCUT2D eigenvalue weighted by atomic mass is 10.1. The molecule has 1 aromatic heterocycles. The quantitative estimate of drug-likeness (QED) is 0.554. The van der Waals surface area contributed by atoms with Crippen LogP contribution in [0, 0.1) is 0 Å². The number of sulfonamides is 1. The highest BCUT2D eigenvalue weighted by atomic mass is 32.2. The molecule has 8 nitrogen and oxygen atoms in total. The second-order valence-corrected chi connectivity index (χ2v) is 8.67. The standard InChI is InChI=1S/C21H16F3N3O5S/c1-27(14-9-10-18(25-12-14)21(22,23)24)33(31,32)15-6-4-5-13(11-15)19(28)26-17-8-3-2-7-16(17)20(29)30/h2-12H,1H3,(H,26,28)(H,29,30). The van der Waals surface area contributed by atoms with Gasteiger partial charge in [0.2, 0.25) is 0 Å². The Labute approximate surface area is 186 Å². The summed E-state index contributed by atoms with van der Waals surface area (Å²) in [7, 11) is -3.12. The van der Waals surface area contributed by atoms with E-state index >= 15 is 0 Å². The van der Waals surface area contributed by atoms with E-state index in [-0.39, 0.29) is 27.4 Å². The number of alkyl halides is 3. The predicted molar refractivity (Wildman–Crippen MR) is 113 cm³/mol. The Balaban J connectivity index is 1.87. The molecule has 172 valence electrons. The molecule has 3 aromatic rings. The van der Waals surface area contributed by atoms with Gasteiger partial charge in [0.25, 0.3) is 15.9 Å². The summed E-state index contributed by atoms with van der Waals surface area (Å²) in [4.78, 5) is 26.9. The van der Waals surface area contributed by atoms with Gasteiger partial charge in [0, 0.05) is 12.6 Å². The van der Waals surface area contributed by atoms with E-state index in [0.29, 0.717) is 6.07 Å². The van der Waals surface area contributed by atoms with Crippen molar-refractivity contribution in [3.05, 3.63) is 83.7 Å². The predicted octanol–water partition coefficient (Wildman–Crippen LogP) is 3.88. The monoisotopic (exact) mass is 479 g/mol. The molecule has 0 fully saturated rings. The molecule has 0 aliphatic carbocycles. The molecule has 2 aromatic carbocycles. The van der Waals surface area contributed by atoms with Crippen LogP contribution in [0.4, 0.5) is 24.5 Å². The first-order chi connectivity index (χ1) is 15.4. The number of rotatable bonds is 6. The molecule has 0 unspecified atom stereocenters. The summed E-state index contributed by atoms with van der Waals surface area (Å²) in [6.45, 7) is 0. The van der Waals surface area contributed by atoms with E-state index in [1.165, 1.54) is 42.5 Å². The summed E-state index contributed by atoms with van der Waals surface area (Å²) >= 11 is 0. The molecule has 0 radical (unpaired) electrons. The van der Waals surface area contributed by atoms with Crippen molar-refractivity contribution in [2.24, 2.45) is 0 Å². The van der Waals surface area contributed by atoms with Gasteiger partial charge in [0.05, 0.1) is 28.0 Å². The molecular weight excluding hydrogens is 463 g/mol. The SMILES string of the molecule is CN(c1ccc(C(F)(F)F)nc1)S(=O)(=O)c1cccc(C(=O)Nc2ccccc2C(=O)O)c1. The zero-order valence-corrected chi connectivity index (χ0v) is 17.7. The number of carbonyl (C=O) groups excluding carboxylic acids is 1. The summed E-state index contributed by atoms with van der Waals surface area (Å²) < 4.78 is 64.7. The van der Waals surface area contributed by atoms with Crippen LogP contribution in [-0.4, -0.2) is 37.4 Å².